The van der Waals surface area contributed by atoms with Crippen LogP contribution in [-0.4, -0.2) is 79.4 Å². The Labute approximate surface area is 356 Å². The number of hydrogen-bond donors (Lipinski definition) is 3. The molecule has 0 aromatic heterocycles. The van der Waals surface area contributed by atoms with Crippen LogP contribution in [0.25, 0.3) is 0 Å². The predicted molar refractivity (Wildman–Crippen MR) is 237 cm³/mol. The number of nitrogens with one attached hydrogen (secondary N) is 3. The summed E-state index contributed by atoms with van der Waals surface area (Å²) >= 11 is 0. The molecule has 5 atom stereocenters. The first-order chi connectivity index (χ1) is 28.9. The molecule has 4 aromatic carbocycles. The van der Waals surface area contributed by atoms with Crippen LogP contribution < -0.4 is 26.3 Å². The highest BCUT2D eigenvalue weighted by atomic mass is 28.4. The first-order valence-electron chi connectivity index (χ1n) is 21.5. The molecule has 11 heteroatoms. The number of ketones is 1. The maximum absolute atomic E-state index is 14.2. The van der Waals surface area contributed by atoms with Crippen LogP contribution in [0.15, 0.2) is 121 Å². The lowest BCUT2D eigenvalue weighted by Gasteiger charge is -2.44. The van der Waals surface area contributed by atoms with E-state index in [-0.39, 0.29) is 35.5 Å². The van der Waals surface area contributed by atoms with Gasteiger partial charge >= 0.3 is 0 Å². The average molecular weight is 829 g/mol. The fourth-order valence-electron chi connectivity index (χ4n) is 8.74. The zero-order valence-electron chi connectivity index (χ0n) is 35.4. The van der Waals surface area contributed by atoms with Crippen LogP contribution in [0.5, 0.6) is 0 Å². The molecule has 0 aliphatic carbocycles. The van der Waals surface area contributed by atoms with Crippen LogP contribution in [0.2, 0.25) is 5.04 Å². The molecule has 2 aliphatic heterocycles. The van der Waals surface area contributed by atoms with Crippen molar-refractivity contribution in [3.63, 3.8) is 0 Å². The van der Waals surface area contributed by atoms with Gasteiger partial charge < -0.3 is 25.3 Å². The van der Waals surface area contributed by atoms with Gasteiger partial charge in [0.25, 0.3) is 8.32 Å². The molecule has 4 amide bonds. The van der Waals surface area contributed by atoms with Crippen molar-refractivity contribution < 1.29 is 28.4 Å². The molecule has 316 valence electrons. The Balaban J connectivity index is 1.14. The van der Waals surface area contributed by atoms with Crippen LogP contribution >= 0.6 is 0 Å². The molecule has 2 saturated heterocycles. The number of nitrogens with zero attached hydrogens (tertiary/aromatic N) is 1. The third-order valence-corrected chi connectivity index (χ3v) is 17.0. The van der Waals surface area contributed by atoms with Gasteiger partial charge in [0.05, 0.1) is 0 Å². The number of amides is 4. The number of unbranched alkanes of at least 4 members (excludes halogenated alkanes) is 2. The van der Waals surface area contributed by atoms with Gasteiger partial charge in [-0.25, -0.2) is 0 Å². The number of benzene rings is 4. The second-order valence-corrected chi connectivity index (χ2v) is 21.5. The molecule has 2 aliphatic rings. The zero-order valence-corrected chi connectivity index (χ0v) is 36.4. The Hall–Kier alpha value is -5.39. The van der Waals surface area contributed by atoms with Gasteiger partial charge in [0.15, 0.2) is 5.78 Å². The third-order valence-electron chi connectivity index (χ3n) is 11.9. The largest absolute Gasteiger partial charge is 0.398 e. The molecule has 2 fully saturated rings. The summed E-state index contributed by atoms with van der Waals surface area (Å²) < 4.78 is 7.05. The van der Waals surface area contributed by atoms with Crippen LogP contribution in [0.1, 0.15) is 83.8 Å². The third kappa shape index (κ3) is 10.7. The maximum atomic E-state index is 14.2. The molecule has 2 heterocycles. The van der Waals surface area contributed by atoms with E-state index < -0.39 is 50.4 Å². The summed E-state index contributed by atoms with van der Waals surface area (Å²) in [4.78, 5) is 71.6. The quantitative estimate of drug-likeness (QED) is 0.108. The predicted octanol–water partition coefficient (Wildman–Crippen LogP) is 5.42. The van der Waals surface area contributed by atoms with E-state index in [1.807, 2.05) is 104 Å². The second-order valence-electron chi connectivity index (χ2n) is 17.2. The highest BCUT2D eigenvalue weighted by Gasteiger charge is 2.51. The van der Waals surface area contributed by atoms with Crippen LogP contribution in [-0.2, 0) is 41.2 Å². The van der Waals surface area contributed by atoms with Gasteiger partial charge in [0.2, 0.25) is 23.6 Å². The standard InChI is InChI=1S/C49H60N4O6Si/c1-35(59-60(49(2,3)4,38-25-14-7-15-26-38)39-27-16-8-17-28-39)44(54)31-19-9-18-29-40-45(55)51-41(33-36-21-10-5-11-22-36)46(56)52-42(34-37-23-12-6-13-24-37)48(58)53-32-20-30-43(53)47(57)50-40/h5-8,10-17,21-28,35,40-43H,9,18-20,29-34H2,1-4H3,(H,50,57)(H,51,55)(H,52,56)/t35-,40+,41-,42+,43-/m1/s1. The normalized spacial score (nSPS) is 20.8. The molecular formula is C49H60N4O6Si. The molecule has 0 spiro atoms. The first kappa shape index (κ1) is 44.2. The second kappa shape index (κ2) is 20.2. The number of carbonyl (C=O) groups is 5. The monoisotopic (exact) mass is 828 g/mol. The summed E-state index contributed by atoms with van der Waals surface area (Å²) in [5, 5.41) is 10.8. The van der Waals surface area contributed by atoms with E-state index in [2.05, 4.69) is 61.0 Å². The average Bonchev–Trinajstić information content (AvgIpc) is 3.75. The lowest BCUT2D eigenvalue weighted by atomic mass is 10.00. The number of hydrogen-bond acceptors (Lipinski definition) is 6. The highest BCUT2D eigenvalue weighted by molar-refractivity contribution is 6.99. The lowest BCUT2D eigenvalue weighted by Crippen LogP contribution is -2.68. The Bertz CT molecular complexity index is 2020. The minimum absolute atomic E-state index is 0.0198. The van der Waals surface area contributed by atoms with Gasteiger partial charge in [0.1, 0.15) is 30.3 Å². The summed E-state index contributed by atoms with van der Waals surface area (Å²) in [6, 6.07) is 35.8. The molecular weight excluding hydrogens is 769 g/mol. The zero-order chi connectivity index (χ0) is 42.7. The Morgan fingerprint density at radius 3 is 1.70 bits per heavy atom. The molecule has 10 nitrogen and oxygen atoms in total. The smallest absolute Gasteiger partial charge is 0.262 e. The molecule has 3 N–H and O–H groups in total. The number of carbonyl (C=O) groups excluding carboxylic acids is 5. The van der Waals surface area contributed by atoms with E-state index in [9.17, 15) is 24.0 Å². The minimum atomic E-state index is -2.92. The van der Waals surface area contributed by atoms with Gasteiger partial charge in [-0.05, 0) is 59.1 Å². The maximum Gasteiger partial charge on any atom is 0.262 e. The molecule has 0 unspecified atom stereocenters. The van der Waals surface area contributed by atoms with Gasteiger partial charge in [-0.15, -0.1) is 0 Å². The van der Waals surface area contributed by atoms with Gasteiger partial charge in [0, 0.05) is 25.8 Å². The van der Waals surface area contributed by atoms with E-state index in [0.717, 1.165) is 21.5 Å². The first-order valence-corrected chi connectivity index (χ1v) is 23.4. The van der Waals surface area contributed by atoms with Crippen LogP contribution in [0.4, 0.5) is 0 Å². The summed E-state index contributed by atoms with van der Waals surface area (Å²) in [6.07, 6.45) is 3.30. The van der Waals surface area contributed by atoms with E-state index in [1.54, 1.807) is 4.90 Å². The Morgan fingerprint density at radius 1 is 0.667 bits per heavy atom. The van der Waals surface area contributed by atoms with Crippen LogP contribution in [0, 0.1) is 0 Å². The van der Waals surface area contributed by atoms with Crippen molar-refractivity contribution in [3.05, 3.63) is 132 Å². The van der Waals surface area contributed by atoms with E-state index in [0.29, 0.717) is 51.5 Å². The minimum Gasteiger partial charge on any atom is -0.398 e. The van der Waals surface area contributed by atoms with Crippen molar-refractivity contribution in [1.29, 1.82) is 0 Å². The van der Waals surface area contributed by atoms with E-state index in [4.69, 9.17) is 4.43 Å². The van der Waals surface area contributed by atoms with Crippen molar-refractivity contribution in [2.45, 2.75) is 121 Å². The molecule has 0 saturated carbocycles. The number of fused-ring (bicyclic) bond motifs is 1. The lowest BCUT2D eigenvalue weighted by molar-refractivity contribution is -0.143. The summed E-state index contributed by atoms with van der Waals surface area (Å²) in [5.41, 5.74) is 1.71. The van der Waals surface area contributed by atoms with E-state index >= 15 is 0 Å². The molecule has 0 radical (unpaired) electrons. The summed E-state index contributed by atoms with van der Waals surface area (Å²) in [5.74, 6) is -1.60. The molecule has 0 bridgehead atoms. The van der Waals surface area contributed by atoms with E-state index in [1.165, 1.54) is 0 Å². The van der Waals surface area contributed by atoms with Crippen molar-refractivity contribution in [1.82, 2.24) is 20.9 Å². The van der Waals surface area contributed by atoms with Gasteiger partial charge in [-0.2, -0.15) is 0 Å². The topological polar surface area (TPSA) is 134 Å². The van der Waals surface area contributed by atoms with Crippen molar-refractivity contribution in [2.75, 3.05) is 6.54 Å². The summed E-state index contributed by atoms with van der Waals surface area (Å²) in [7, 11) is -2.92. The van der Waals surface area contributed by atoms with Crippen molar-refractivity contribution in [2.24, 2.45) is 0 Å². The molecule has 60 heavy (non-hydrogen) atoms. The Kier molecular flexibility index (Phi) is 14.9. The fraction of sp³-hybridized carbons (Fsp3) is 0.408. The Morgan fingerprint density at radius 2 is 1.15 bits per heavy atom. The van der Waals surface area contributed by atoms with Crippen molar-refractivity contribution in [3.8, 4) is 0 Å². The molecule has 6 rings (SSSR count). The van der Waals surface area contributed by atoms with Crippen LogP contribution in [0.3, 0.4) is 0 Å². The summed E-state index contributed by atoms with van der Waals surface area (Å²) in [6.45, 7) is 8.81. The van der Waals surface area contributed by atoms with Gasteiger partial charge in [-0.3, -0.25) is 24.0 Å². The van der Waals surface area contributed by atoms with Crippen molar-refractivity contribution >= 4 is 48.1 Å². The molecule has 4 aromatic rings. The fourth-order valence-corrected chi connectivity index (χ4v) is 13.4. The van der Waals surface area contributed by atoms with Gasteiger partial charge in [-0.1, -0.05) is 155 Å². The highest BCUT2D eigenvalue weighted by Crippen LogP contribution is 2.37. The SMILES string of the molecule is C[C@@H](O[Si](c1ccccc1)(c1ccccc1)C(C)(C)C)C(=O)CCCCC[C@@H]1NC(=O)[C@H]2CCCN2C(=O)[C@H](Cc2ccccc2)NC(=O)[C@@H](Cc2ccccc2)NC1=O. The number of Topliss-reactive ketones (excluding diaryl/α,β-unsaturated/α-hetero) is 1. The number of rotatable bonds is 15.